The van der Waals surface area contributed by atoms with E-state index in [1.54, 1.807) is 30.3 Å². The van der Waals surface area contributed by atoms with Crippen LogP contribution in [0.15, 0.2) is 60.7 Å². The number of benzene rings is 2. The summed E-state index contributed by atoms with van der Waals surface area (Å²) in [7, 11) is 0. The van der Waals surface area contributed by atoms with Crippen LogP contribution in [0.5, 0.6) is 0 Å². The van der Waals surface area contributed by atoms with E-state index < -0.39 is 5.97 Å². The standard InChI is InChI=1S/C19H14Cl2N2O2/c20-15-8-7-14(16(21)10-15)11-22-18-6-2-5-17(23-18)12-3-1-4-13(9-12)19(24)25/h1-10H,11H2,(H,22,23)(H,24,25). The van der Waals surface area contributed by atoms with Crippen molar-refractivity contribution in [3.8, 4) is 11.3 Å². The molecule has 0 aliphatic heterocycles. The first-order chi connectivity index (χ1) is 12.0. The molecule has 6 heteroatoms. The van der Waals surface area contributed by atoms with E-state index in [9.17, 15) is 4.79 Å². The maximum atomic E-state index is 11.1. The van der Waals surface area contributed by atoms with Gasteiger partial charge in [-0.15, -0.1) is 0 Å². The normalized spacial score (nSPS) is 10.5. The van der Waals surface area contributed by atoms with Crippen LogP contribution in [0.2, 0.25) is 10.0 Å². The summed E-state index contributed by atoms with van der Waals surface area (Å²) in [6, 6.07) is 17.6. The lowest BCUT2D eigenvalue weighted by Crippen LogP contribution is -2.02. The van der Waals surface area contributed by atoms with Crippen molar-refractivity contribution >= 4 is 35.0 Å². The van der Waals surface area contributed by atoms with Crippen molar-refractivity contribution in [2.24, 2.45) is 0 Å². The number of rotatable bonds is 5. The van der Waals surface area contributed by atoms with E-state index in [1.807, 2.05) is 30.3 Å². The van der Waals surface area contributed by atoms with Gasteiger partial charge in [0.15, 0.2) is 0 Å². The Bertz CT molecular complexity index is 929. The Morgan fingerprint density at radius 3 is 2.60 bits per heavy atom. The van der Waals surface area contributed by atoms with E-state index in [-0.39, 0.29) is 5.56 Å². The van der Waals surface area contributed by atoms with Gasteiger partial charge in [-0.05, 0) is 42.0 Å². The summed E-state index contributed by atoms with van der Waals surface area (Å²) in [5.74, 6) is -0.294. The van der Waals surface area contributed by atoms with E-state index in [1.165, 1.54) is 0 Å². The van der Waals surface area contributed by atoms with Gasteiger partial charge in [-0.2, -0.15) is 0 Å². The predicted octanol–water partition coefficient (Wildman–Crippen LogP) is 5.37. The topological polar surface area (TPSA) is 62.2 Å². The third-order valence-electron chi connectivity index (χ3n) is 3.63. The second-order valence-electron chi connectivity index (χ2n) is 5.38. The highest BCUT2D eigenvalue weighted by molar-refractivity contribution is 6.35. The van der Waals surface area contributed by atoms with Crippen LogP contribution in [0.4, 0.5) is 5.82 Å². The van der Waals surface area contributed by atoms with E-state index >= 15 is 0 Å². The lowest BCUT2D eigenvalue weighted by molar-refractivity contribution is 0.0697. The first-order valence-corrected chi connectivity index (χ1v) is 8.27. The number of nitrogens with zero attached hydrogens (tertiary/aromatic N) is 1. The minimum atomic E-state index is -0.964. The second-order valence-corrected chi connectivity index (χ2v) is 6.23. The molecule has 4 nitrogen and oxygen atoms in total. The Hall–Kier alpha value is -2.56. The molecule has 0 spiro atoms. The molecule has 0 bridgehead atoms. The van der Waals surface area contributed by atoms with Gasteiger partial charge in [-0.3, -0.25) is 0 Å². The van der Waals surface area contributed by atoms with Crippen molar-refractivity contribution in [1.82, 2.24) is 4.98 Å². The molecule has 0 unspecified atom stereocenters. The van der Waals surface area contributed by atoms with Gasteiger partial charge < -0.3 is 10.4 Å². The summed E-state index contributed by atoms with van der Waals surface area (Å²) < 4.78 is 0. The smallest absolute Gasteiger partial charge is 0.335 e. The van der Waals surface area contributed by atoms with Gasteiger partial charge >= 0.3 is 5.97 Å². The summed E-state index contributed by atoms with van der Waals surface area (Å²) in [5.41, 5.74) is 2.57. The number of hydrogen-bond donors (Lipinski definition) is 2. The van der Waals surface area contributed by atoms with Gasteiger partial charge in [0, 0.05) is 22.2 Å². The van der Waals surface area contributed by atoms with Crippen molar-refractivity contribution in [3.05, 3.63) is 81.8 Å². The zero-order valence-electron chi connectivity index (χ0n) is 13.0. The fourth-order valence-electron chi connectivity index (χ4n) is 2.36. The molecule has 3 rings (SSSR count). The lowest BCUT2D eigenvalue weighted by atomic mass is 10.1. The molecule has 0 saturated carbocycles. The predicted molar refractivity (Wildman–Crippen MR) is 100 cm³/mol. The number of carbonyl (C=O) groups is 1. The highest BCUT2D eigenvalue weighted by Gasteiger charge is 2.07. The zero-order chi connectivity index (χ0) is 17.8. The average Bonchev–Trinajstić information content (AvgIpc) is 2.61. The number of nitrogens with one attached hydrogen (secondary N) is 1. The molecule has 0 saturated heterocycles. The van der Waals surface area contributed by atoms with Gasteiger partial charge in [-0.25, -0.2) is 9.78 Å². The number of anilines is 1. The fraction of sp³-hybridized carbons (Fsp3) is 0.0526. The molecule has 0 aliphatic rings. The highest BCUT2D eigenvalue weighted by Crippen LogP contribution is 2.23. The van der Waals surface area contributed by atoms with Crippen LogP contribution >= 0.6 is 23.2 Å². The summed E-state index contributed by atoms with van der Waals surface area (Å²) in [6.45, 7) is 0.502. The molecular weight excluding hydrogens is 359 g/mol. The summed E-state index contributed by atoms with van der Waals surface area (Å²) >= 11 is 12.1. The number of aromatic nitrogens is 1. The van der Waals surface area contributed by atoms with E-state index in [4.69, 9.17) is 28.3 Å². The first-order valence-electron chi connectivity index (χ1n) is 7.51. The quantitative estimate of drug-likeness (QED) is 0.632. The number of pyridine rings is 1. The molecule has 1 heterocycles. The van der Waals surface area contributed by atoms with Crippen molar-refractivity contribution in [3.63, 3.8) is 0 Å². The van der Waals surface area contributed by atoms with Crippen LogP contribution in [0, 0.1) is 0 Å². The van der Waals surface area contributed by atoms with Gasteiger partial charge in [0.25, 0.3) is 0 Å². The van der Waals surface area contributed by atoms with Crippen LogP contribution in [0.1, 0.15) is 15.9 Å². The van der Waals surface area contributed by atoms with Gasteiger partial charge in [-0.1, -0.05) is 47.5 Å². The van der Waals surface area contributed by atoms with E-state index in [0.717, 1.165) is 11.1 Å². The lowest BCUT2D eigenvalue weighted by Gasteiger charge is -2.09. The van der Waals surface area contributed by atoms with Gasteiger partial charge in [0.2, 0.25) is 0 Å². The van der Waals surface area contributed by atoms with Gasteiger partial charge in [0.05, 0.1) is 11.3 Å². The summed E-state index contributed by atoms with van der Waals surface area (Å²) in [4.78, 5) is 15.6. The second kappa shape index (κ2) is 7.55. The van der Waals surface area contributed by atoms with Crippen molar-refractivity contribution in [2.75, 3.05) is 5.32 Å². The molecule has 0 aliphatic carbocycles. The Balaban J connectivity index is 1.80. The molecule has 1 aromatic heterocycles. The van der Waals surface area contributed by atoms with Crippen LogP contribution < -0.4 is 5.32 Å². The zero-order valence-corrected chi connectivity index (χ0v) is 14.6. The molecule has 2 N–H and O–H groups in total. The Morgan fingerprint density at radius 1 is 1.04 bits per heavy atom. The van der Waals surface area contributed by atoms with E-state index in [0.29, 0.717) is 28.1 Å². The molecule has 0 amide bonds. The van der Waals surface area contributed by atoms with Crippen LogP contribution in [-0.2, 0) is 6.54 Å². The van der Waals surface area contributed by atoms with Gasteiger partial charge in [0.1, 0.15) is 5.82 Å². The molecule has 25 heavy (non-hydrogen) atoms. The molecule has 0 atom stereocenters. The molecule has 0 fully saturated rings. The Labute approximate surface area is 155 Å². The average molecular weight is 373 g/mol. The SMILES string of the molecule is O=C(O)c1cccc(-c2cccc(NCc3ccc(Cl)cc3Cl)n2)c1. The largest absolute Gasteiger partial charge is 0.478 e. The molecule has 0 radical (unpaired) electrons. The molecular formula is C19H14Cl2N2O2. The van der Waals surface area contributed by atoms with Crippen molar-refractivity contribution in [2.45, 2.75) is 6.54 Å². The summed E-state index contributed by atoms with van der Waals surface area (Å²) in [6.07, 6.45) is 0. The molecule has 3 aromatic rings. The third-order valence-corrected chi connectivity index (χ3v) is 4.22. The van der Waals surface area contributed by atoms with Crippen molar-refractivity contribution < 1.29 is 9.90 Å². The maximum absolute atomic E-state index is 11.1. The van der Waals surface area contributed by atoms with Crippen LogP contribution in [0.25, 0.3) is 11.3 Å². The number of aromatic carboxylic acids is 1. The Kier molecular flexibility index (Phi) is 5.22. The van der Waals surface area contributed by atoms with E-state index in [2.05, 4.69) is 10.3 Å². The number of hydrogen-bond acceptors (Lipinski definition) is 3. The molecule has 126 valence electrons. The minimum absolute atomic E-state index is 0.227. The minimum Gasteiger partial charge on any atom is -0.478 e. The monoisotopic (exact) mass is 372 g/mol. The number of carboxylic acid groups (broad SMARTS) is 1. The number of carboxylic acids is 1. The highest BCUT2D eigenvalue weighted by atomic mass is 35.5. The third kappa shape index (κ3) is 4.29. The fourth-order valence-corrected chi connectivity index (χ4v) is 2.83. The van der Waals surface area contributed by atoms with Crippen molar-refractivity contribution in [1.29, 1.82) is 0 Å². The molecule has 2 aromatic carbocycles. The first kappa shape index (κ1) is 17.3. The summed E-state index contributed by atoms with van der Waals surface area (Å²) in [5, 5.41) is 13.5. The van der Waals surface area contributed by atoms with Crippen LogP contribution in [0.3, 0.4) is 0 Å². The Morgan fingerprint density at radius 2 is 1.84 bits per heavy atom. The van der Waals surface area contributed by atoms with Crippen LogP contribution in [-0.4, -0.2) is 16.1 Å². The number of halogens is 2. The maximum Gasteiger partial charge on any atom is 0.335 e.